The van der Waals surface area contributed by atoms with Crippen LogP contribution in [0.2, 0.25) is 0 Å². The second kappa shape index (κ2) is 6.16. The number of carbonyl (C=O) groups is 1. The Morgan fingerprint density at radius 1 is 1.12 bits per heavy atom. The number of benzene rings is 1. The SMILES string of the molecule is Cc1c(C(=O)N2CCN(c3ncccn3)CC2)oc2c(F)cccc12. The highest BCUT2D eigenvalue weighted by Crippen LogP contribution is 2.28. The number of anilines is 1. The highest BCUT2D eigenvalue weighted by atomic mass is 19.1. The smallest absolute Gasteiger partial charge is 0.290 e. The summed E-state index contributed by atoms with van der Waals surface area (Å²) in [5.74, 6) is 0.216. The lowest BCUT2D eigenvalue weighted by Gasteiger charge is -2.34. The third kappa shape index (κ3) is 2.71. The summed E-state index contributed by atoms with van der Waals surface area (Å²) < 4.78 is 19.4. The van der Waals surface area contributed by atoms with Crippen molar-refractivity contribution in [2.24, 2.45) is 0 Å². The van der Waals surface area contributed by atoms with Crippen LogP contribution in [0, 0.1) is 12.7 Å². The van der Waals surface area contributed by atoms with Crippen LogP contribution >= 0.6 is 0 Å². The van der Waals surface area contributed by atoms with Gasteiger partial charge in [-0.05, 0) is 19.1 Å². The molecule has 25 heavy (non-hydrogen) atoms. The molecule has 6 nitrogen and oxygen atoms in total. The lowest BCUT2D eigenvalue weighted by atomic mass is 10.1. The van der Waals surface area contributed by atoms with Gasteiger partial charge in [-0.2, -0.15) is 0 Å². The van der Waals surface area contributed by atoms with Gasteiger partial charge in [0.05, 0.1) is 0 Å². The number of aromatic nitrogens is 2. The van der Waals surface area contributed by atoms with E-state index in [0.717, 1.165) is 0 Å². The maximum Gasteiger partial charge on any atom is 0.290 e. The minimum absolute atomic E-state index is 0.139. The summed E-state index contributed by atoms with van der Waals surface area (Å²) in [5.41, 5.74) is 0.813. The van der Waals surface area contributed by atoms with Crippen LogP contribution in [0.1, 0.15) is 16.1 Å². The van der Waals surface area contributed by atoms with Gasteiger partial charge in [-0.25, -0.2) is 14.4 Å². The van der Waals surface area contributed by atoms with Crippen molar-refractivity contribution in [3.8, 4) is 0 Å². The molecule has 1 saturated heterocycles. The molecule has 0 unspecified atom stereocenters. The summed E-state index contributed by atoms with van der Waals surface area (Å²) in [6.07, 6.45) is 3.40. The zero-order valence-electron chi connectivity index (χ0n) is 13.8. The van der Waals surface area contributed by atoms with Gasteiger partial charge in [-0.3, -0.25) is 4.79 Å². The second-order valence-electron chi connectivity index (χ2n) is 6.00. The molecule has 3 heterocycles. The first-order chi connectivity index (χ1) is 12.1. The summed E-state index contributed by atoms with van der Waals surface area (Å²) in [4.78, 5) is 25.0. The molecule has 4 rings (SSSR count). The molecule has 0 saturated carbocycles. The van der Waals surface area contributed by atoms with E-state index in [1.165, 1.54) is 6.07 Å². The van der Waals surface area contributed by atoms with Gasteiger partial charge in [-0.15, -0.1) is 0 Å². The van der Waals surface area contributed by atoms with Gasteiger partial charge >= 0.3 is 0 Å². The first-order valence-electron chi connectivity index (χ1n) is 8.14. The van der Waals surface area contributed by atoms with Crippen molar-refractivity contribution >= 4 is 22.8 Å². The Morgan fingerprint density at radius 2 is 1.84 bits per heavy atom. The zero-order valence-corrected chi connectivity index (χ0v) is 13.8. The van der Waals surface area contributed by atoms with Crippen molar-refractivity contribution in [1.82, 2.24) is 14.9 Å². The second-order valence-corrected chi connectivity index (χ2v) is 6.00. The topological polar surface area (TPSA) is 62.5 Å². The van der Waals surface area contributed by atoms with Crippen LogP contribution in [0.5, 0.6) is 0 Å². The van der Waals surface area contributed by atoms with Gasteiger partial charge in [0.1, 0.15) is 0 Å². The third-order valence-corrected chi connectivity index (χ3v) is 4.51. The fraction of sp³-hybridized carbons (Fsp3) is 0.278. The van der Waals surface area contributed by atoms with E-state index in [1.807, 2.05) is 4.90 Å². The van der Waals surface area contributed by atoms with E-state index >= 15 is 0 Å². The molecule has 0 bridgehead atoms. The molecule has 7 heteroatoms. The largest absolute Gasteiger partial charge is 0.448 e. The number of hydrogen-bond donors (Lipinski definition) is 0. The molecule has 128 valence electrons. The highest BCUT2D eigenvalue weighted by molar-refractivity contribution is 5.99. The van der Waals surface area contributed by atoms with Crippen LogP contribution in [-0.2, 0) is 0 Å². The molecular formula is C18H17FN4O2. The molecule has 0 spiro atoms. The van der Waals surface area contributed by atoms with Gasteiger partial charge in [0.15, 0.2) is 17.2 Å². The number of halogens is 1. The van der Waals surface area contributed by atoms with Crippen LogP contribution in [-0.4, -0.2) is 47.0 Å². The van der Waals surface area contributed by atoms with Gasteiger partial charge < -0.3 is 14.2 Å². The summed E-state index contributed by atoms with van der Waals surface area (Å²) >= 11 is 0. The maximum atomic E-state index is 13.9. The third-order valence-electron chi connectivity index (χ3n) is 4.51. The fourth-order valence-electron chi connectivity index (χ4n) is 3.12. The molecule has 0 N–H and O–H groups in total. The number of fused-ring (bicyclic) bond motifs is 1. The van der Waals surface area contributed by atoms with Crippen molar-refractivity contribution in [2.75, 3.05) is 31.1 Å². The average molecular weight is 340 g/mol. The van der Waals surface area contributed by atoms with Gasteiger partial charge in [0, 0.05) is 49.5 Å². The summed E-state index contributed by atoms with van der Waals surface area (Å²) in [6, 6.07) is 6.48. The Balaban J connectivity index is 1.53. The number of para-hydroxylation sites is 1. The monoisotopic (exact) mass is 340 g/mol. The van der Waals surface area contributed by atoms with E-state index < -0.39 is 5.82 Å². The number of rotatable bonds is 2. The molecular weight excluding hydrogens is 323 g/mol. The molecule has 1 fully saturated rings. The molecule has 0 radical (unpaired) electrons. The van der Waals surface area contributed by atoms with Gasteiger partial charge in [0.25, 0.3) is 5.91 Å². The van der Waals surface area contributed by atoms with E-state index in [1.54, 1.807) is 42.4 Å². The van der Waals surface area contributed by atoms with Crippen LogP contribution < -0.4 is 4.90 Å². The van der Waals surface area contributed by atoms with E-state index in [-0.39, 0.29) is 17.3 Å². The summed E-state index contributed by atoms with van der Waals surface area (Å²) in [7, 11) is 0. The van der Waals surface area contributed by atoms with Gasteiger partial charge in [0.2, 0.25) is 5.95 Å². The summed E-state index contributed by atoms with van der Waals surface area (Å²) in [5, 5.41) is 0.639. The van der Waals surface area contributed by atoms with Crippen molar-refractivity contribution in [2.45, 2.75) is 6.92 Å². The quantitative estimate of drug-likeness (QED) is 0.718. The first-order valence-corrected chi connectivity index (χ1v) is 8.14. The van der Waals surface area contributed by atoms with Crippen molar-refractivity contribution in [3.05, 3.63) is 53.8 Å². The molecule has 1 aromatic carbocycles. The molecule has 3 aromatic rings. The van der Waals surface area contributed by atoms with Crippen LogP contribution in [0.15, 0.2) is 41.1 Å². The first kappa shape index (κ1) is 15.6. The molecule has 1 aliphatic rings. The molecule has 0 aliphatic carbocycles. The number of aryl methyl sites for hydroxylation is 1. The van der Waals surface area contributed by atoms with Crippen LogP contribution in [0.4, 0.5) is 10.3 Å². The maximum absolute atomic E-state index is 13.9. The Hall–Kier alpha value is -2.96. The lowest BCUT2D eigenvalue weighted by Crippen LogP contribution is -2.49. The van der Waals surface area contributed by atoms with E-state index in [0.29, 0.717) is 43.1 Å². The van der Waals surface area contributed by atoms with Crippen LogP contribution in [0.3, 0.4) is 0 Å². The Kier molecular flexibility index (Phi) is 3.83. The number of furan rings is 1. The number of amides is 1. The predicted molar refractivity (Wildman–Crippen MR) is 91.1 cm³/mol. The predicted octanol–water partition coefficient (Wildman–Crippen LogP) is 2.63. The van der Waals surface area contributed by atoms with Crippen molar-refractivity contribution in [1.29, 1.82) is 0 Å². The number of carbonyl (C=O) groups excluding carboxylic acids is 1. The average Bonchev–Trinajstić information content (AvgIpc) is 3.00. The molecule has 0 atom stereocenters. The number of piperazine rings is 1. The zero-order chi connectivity index (χ0) is 17.4. The molecule has 2 aromatic heterocycles. The van der Waals surface area contributed by atoms with Crippen LogP contribution in [0.25, 0.3) is 11.0 Å². The van der Waals surface area contributed by atoms with E-state index in [9.17, 15) is 9.18 Å². The molecule has 1 amide bonds. The Morgan fingerprint density at radius 3 is 2.52 bits per heavy atom. The highest BCUT2D eigenvalue weighted by Gasteiger charge is 2.27. The Bertz CT molecular complexity index is 917. The lowest BCUT2D eigenvalue weighted by molar-refractivity contribution is 0.0715. The minimum atomic E-state index is -0.453. The molecule has 1 aliphatic heterocycles. The number of nitrogens with zero attached hydrogens (tertiary/aromatic N) is 4. The number of hydrogen-bond acceptors (Lipinski definition) is 5. The normalized spacial score (nSPS) is 15.0. The Labute approximate surface area is 143 Å². The summed E-state index contributed by atoms with van der Waals surface area (Å²) in [6.45, 7) is 4.14. The minimum Gasteiger partial charge on any atom is -0.448 e. The van der Waals surface area contributed by atoms with E-state index in [2.05, 4.69) is 9.97 Å². The van der Waals surface area contributed by atoms with E-state index in [4.69, 9.17) is 4.42 Å². The fourth-order valence-corrected chi connectivity index (χ4v) is 3.12. The van der Waals surface area contributed by atoms with Crippen molar-refractivity contribution < 1.29 is 13.6 Å². The van der Waals surface area contributed by atoms with Gasteiger partial charge in [-0.1, -0.05) is 12.1 Å². The van der Waals surface area contributed by atoms with Crippen molar-refractivity contribution in [3.63, 3.8) is 0 Å². The standard InChI is InChI=1S/C18H17FN4O2/c1-12-13-4-2-5-14(19)16(13)25-15(12)17(24)22-8-10-23(11-9-22)18-20-6-3-7-21-18/h2-7H,8-11H2,1H3.